The van der Waals surface area contributed by atoms with Crippen molar-refractivity contribution in [1.29, 1.82) is 0 Å². The molecule has 0 aliphatic rings. The second kappa shape index (κ2) is 6.04. The third kappa shape index (κ3) is 3.16. The quantitative estimate of drug-likeness (QED) is 0.790. The average Bonchev–Trinajstić information content (AvgIpc) is 2.96. The van der Waals surface area contributed by atoms with Gasteiger partial charge in [0.2, 0.25) is 0 Å². The number of hydrogen-bond donors (Lipinski definition) is 3. The van der Waals surface area contributed by atoms with E-state index in [4.69, 9.17) is 0 Å². The number of aromatic amines is 1. The average molecular weight is 293 g/mol. The first-order chi connectivity index (χ1) is 9.51. The number of carbonyl (C=O) groups excluding carboxylic acids is 1. The number of nitrogens with one attached hydrogen (secondary N) is 3. The molecule has 0 aliphatic heterocycles. The van der Waals surface area contributed by atoms with Crippen LogP contribution < -0.4 is 10.6 Å². The Labute approximate surface area is 122 Å². The van der Waals surface area contributed by atoms with Crippen LogP contribution in [0.15, 0.2) is 6.20 Å². The van der Waals surface area contributed by atoms with E-state index in [1.54, 1.807) is 6.20 Å². The molecule has 0 fully saturated rings. The monoisotopic (exact) mass is 293 g/mol. The lowest BCUT2D eigenvalue weighted by Crippen LogP contribution is -2.27. The van der Waals surface area contributed by atoms with Crippen molar-refractivity contribution in [1.82, 2.24) is 20.3 Å². The number of imidazole rings is 1. The number of aryl methyl sites for hydroxylation is 2. The smallest absolute Gasteiger partial charge is 0.263 e. The van der Waals surface area contributed by atoms with Crippen LogP contribution >= 0.6 is 11.3 Å². The highest BCUT2D eigenvalue weighted by atomic mass is 32.1. The van der Waals surface area contributed by atoms with Crippen molar-refractivity contribution in [2.75, 3.05) is 11.9 Å². The largest absolute Gasteiger partial charge is 0.362 e. The summed E-state index contributed by atoms with van der Waals surface area (Å²) in [5.74, 6) is 0.635. The summed E-state index contributed by atoms with van der Waals surface area (Å²) in [5.41, 5.74) is 1.72. The Morgan fingerprint density at radius 1 is 1.50 bits per heavy atom. The topological polar surface area (TPSA) is 82.7 Å². The number of hydrogen-bond acceptors (Lipinski definition) is 5. The fourth-order valence-corrected chi connectivity index (χ4v) is 2.75. The third-order valence-electron chi connectivity index (χ3n) is 2.81. The molecule has 2 rings (SSSR count). The number of nitrogens with zero attached hydrogens (tertiary/aromatic N) is 2. The first-order valence-corrected chi connectivity index (χ1v) is 7.36. The molecule has 6 nitrogen and oxygen atoms in total. The Balaban J connectivity index is 2.08. The van der Waals surface area contributed by atoms with Gasteiger partial charge in [0.05, 0.1) is 11.7 Å². The maximum atomic E-state index is 12.3. The maximum Gasteiger partial charge on any atom is 0.263 e. The van der Waals surface area contributed by atoms with Gasteiger partial charge in [0.15, 0.2) is 5.13 Å². The molecule has 3 N–H and O–H groups in total. The first kappa shape index (κ1) is 14.5. The van der Waals surface area contributed by atoms with Crippen molar-refractivity contribution in [2.45, 2.75) is 33.7 Å². The van der Waals surface area contributed by atoms with Gasteiger partial charge in [-0.25, -0.2) is 9.97 Å². The van der Waals surface area contributed by atoms with Gasteiger partial charge in [0, 0.05) is 18.4 Å². The molecule has 7 heteroatoms. The van der Waals surface area contributed by atoms with Crippen molar-refractivity contribution in [3.8, 4) is 0 Å². The summed E-state index contributed by atoms with van der Waals surface area (Å²) in [6.45, 7) is 8.46. The number of rotatable bonds is 5. The summed E-state index contributed by atoms with van der Waals surface area (Å²) in [4.78, 5) is 24.6. The minimum Gasteiger partial charge on any atom is -0.362 e. The van der Waals surface area contributed by atoms with E-state index in [0.717, 1.165) is 28.9 Å². The molecule has 0 bridgehead atoms. The molecule has 0 saturated carbocycles. The van der Waals surface area contributed by atoms with Gasteiger partial charge in [-0.2, -0.15) is 0 Å². The van der Waals surface area contributed by atoms with E-state index >= 15 is 0 Å². The van der Waals surface area contributed by atoms with Crippen LogP contribution in [0.1, 0.15) is 46.8 Å². The molecule has 20 heavy (non-hydrogen) atoms. The van der Waals surface area contributed by atoms with Crippen LogP contribution in [0.2, 0.25) is 0 Å². The van der Waals surface area contributed by atoms with E-state index in [-0.39, 0.29) is 11.9 Å². The molecule has 1 amide bonds. The van der Waals surface area contributed by atoms with Gasteiger partial charge in [0.1, 0.15) is 10.7 Å². The Bertz CT molecular complexity index is 604. The summed E-state index contributed by atoms with van der Waals surface area (Å²) in [6, 6.07) is -0.166. The van der Waals surface area contributed by atoms with E-state index in [9.17, 15) is 4.79 Å². The lowest BCUT2D eigenvalue weighted by molar-refractivity contribution is 0.0941. The normalized spacial score (nSPS) is 12.2. The number of H-pyrrole nitrogens is 1. The highest BCUT2D eigenvalue weighted by Gasteiger charge is 2.18. The van der Waals surface area contributed by atoms with Crippen LogP contribution in [0.25, 0.3) is 0 Å². The minimum atomic E-state index is -0.166. The fraction of sp³-hybridized carbons (Fsp3) is 0.462. The molecule has 0 saturated heterocycles. The molecule has 2 heterocycles. The van der Waals surface area contributed by atoms with Gasteiger partial charge in [-0.05, 0) is 27.7 Å². The summed E-state index contributed by atoms with van der Waals surface area (Å²) >= 11 is 1.37. The van der Waals surface area contributed by atoms with Gasteiger partial charge < -0.3 is 15.6 Å². The van der Waals surface area contributed by atoms with Crippen LogP contribution in [-0.2, 0) is 0 Å². The van der Waals surface area contributed by atoms with Crippen molar-refractivity contribution in [3.05, 3.63) is 28.3 Å². The summed E-state index contributed by atoms with van der Waals surface area (Å²) in [5, 5.41) is 6.83. The van der Waals surface area contributed by atoms with Crippen LogP contribution in [0.4, 0.5) is 5.13 Å². The zero-order valence-electron chi connectivity index (χ0n) is 12.1. The molecule has 0 aromatic carbocycles. The lowest BCUT2D eigenvalue weighted by Gasteiger charge is -2.10. The van der Waals surface area contributed by atoms with Gasteiger partial charge in [0.25, 0.3) is 5.91 Å². The van der Waals surface area contributed by atoms with Crippen LogP contribution in [0.3, 0.4) is 0 Å². The van der Waals surface area contributed by atoms with Crippen molar-refractivity contribution in [2.24, 2.45) is 0 Å². The maximum absolute atomic E-state index is 12.3. The second-order valence-corrected chi connectivity index (χ2v) is 5.61. The number of carbonyl (C=O) groups is 1. The van der Waals surface area contributed by atoms with Crippen LogP contribution in [0, 0.1) is 13.8 Å². The van der Waals surface area contributed by atoms with Gasteiger partial charge in [-0.1, -0.05) is 11.3 Å². The highest BCUT2D eigenvalue weighted by Crippen LogP contribution is 2.23. The predicted octanol–water partition coefficient (Wildman–Crippen LogP) is 2.41. The Morgan fingerprint density at radius 2 is 2.25 bits per heavy atom. The summed E-state index contributed by atoms with van der Waals surface area (Å²) in [7, 11) is 0. The van der Waals surface area contributed by atoms with Crippen LogP contribution in [-0.4, -0.2) is 27.4 Å². The van der Waals surface area contributed by atoms with E-state index in [1.807, 2.05) is 27.7 Å². The first-order valence-electron chi connectivity index (χ1n) is 6.55. The predicted molar refractivity (Wildman–Crippen MR) is 80.2 cm³/mol. The molecular formula is C13H19N5OS. The van der Waals surface area contributed by atoms with Crippen molar-refractivity contribution >= 4 is 22.4 Å². The van der Waals surface area contributed by atoms with E-state index < -0.39 is 0 Å². The number of amides is 1. The molecule has 0 unspecified atom stereocenters. The van der Waals surface area contributed by atoms with Gasteiger partial charge >= 0.3 is 0 Å². The zero-order chi connectivity index (χ0) is 14.7. The molecule has 108 valence electrons. The number of thiazole rings is 1. The van der Waals surface area contributed by atoms with Crippen molar-refractivity contribution in [3.63, 3.8) is 0 Å². The SMILES string of the molecule is CCNc1nc(C)c(C(=O)N[C@@H](C)c2ncc(C)[nH]2)s1. The zero-order valence-corrected chi connectivity index (χ0v) is 12.9. The van der Waals surface area contributed by atoms with E-state index in [1.165, 1.54) is 11.3 Å². The molecule has 1 atom stereocenters. The molecule has 0 radical (unpaired) electrons. The third-order valence-corrected chi connectivity index (χ3v) is 3.93. The number of anilines is 1. The molecule has 2 aromatic heterocycles. The summed E-state index contributed by atoms with van der Waals surface area (Å²) < 4.78 is 0. The lowest BCUT2D eigenvalue weighted by atomic mass is 10.3. The Hall–Kier alpha value is -1.89. The number of aromatic nitrogens is 3. The molecule has 0 aliphatic carbocycles. The van der Waals surface area contributed by atoms with Crippen LogP contribution in [0.5, 0.6) is 0 Å². The summed E-state index contributed by atoms with van der Waals surface area (Å²) in [6.07, 6.45) is 1.75. The van der Waals surface area contributed by atoms with Gasteiger partial charge in [-0.3, -0.25) is 4.79 Å². The van der Waals surface area contributed by atoms with E-state index in [2.05, 4.69) is 25.6 Å². The highest BCUT2D eigenvalue weighted by molar-refractivity contribution is 7.17. The molecule has 0 spiro atoms. The molecule has 2 aromatic rings. The fourth-order valence-electron chi connectivity index (χ4n) is 1.82. The van der Waals surface area contributed by atoms with E-state index in [0.29, 0.717) is 4.88 Å². The standard InChI is InChI=1S/C13H19N5OS/c1-5-14-13-18-8(3)10(20-13)12(19)17-9(4)11-15-6-7(2)16-11/h6,9H,5H2,1-4H3,(H,14,18)(H,15,16)(H,17,19)/t9-/m0/s1. The second-order valence-electron chi connectivity index (χ2n) is 4.61. The van der Waals surface area contributed by atoms with Gasteiger partial charge in [-0.15, -0.1) is 0 Å². The Kier molecular flexibility index (Phi) is 4.39. The minimum absolute atomic E-state index is 0.120. The Morgan fingerprint density at radius 3 is 2.85 bits per heavy atom. The van der Waals surface area contributed by atoms with Crippen molar-refractivity contribution < 1.29 is 4.79 Å². The molecular weight excluding hydrogens is 274 g/mol.